The number of carbonyl (C=O) groups excluding carboxylic acids is 1. The maximum Gasteiger partial charge on any atom is 0.326 e. The normalized spacial score (nSPS) is 34.2. The standard InChI is InChI=1S/C10H13F2NO2/c1-7-3-9(8(14)15-2)5-10(11,12)6-13(9)4-7/h1,3-6H2,2H3. The third-order valence-electron chi connectivity index (χ3n) is 3.10. The van der Waals surface area contributed by atoms with E-state index >= 15 is 0 Å². The van der Waals surface area contributed by atoms with E-state index < -0.39 is 23.9 Å². The zero-order valence-corrected chi connectivity index (χ0v) is 8.56. The van der Waals surface area contributed by atoms with Crippen LogP contribution in [0.2, 0.25) is 0 Å². The van der Waals surface area contributed by atoms with Crippen molar-refractivity contribution in [3.63, 3.8) is 0 Å². The average Bonchev–Trinajstić information content (AvgIpc) is 2.51. The molecule has 0 aromatic carbocycles. The van der Waals surface area contributed by atoms with Crippen molar-refractivity contribution < 1.29 is 18.3 Å². The van der Waals surface area contributed by atoms with Gasteiger partial charge in [0.2, 0.25) is 0 Å². The van der Waals surface area contributed by atoms with Gasteiger partial charge in [-0.05, 0) is 6.42 Å². The Morgan fingerprint density at radius 2 is 2.27 bits per heavy atom. The number of nitrogens with zero attached hydrogens (tertiary/aromatic N) is 1. The highest BCUT2D eigenvalue weighted by atomic mass is 19.3. The summed E-state index contributed by atoms with van der Waals surface area (Å²) in [6.07, 6.45) is -0.166. The van der Waals surface area contributed by atoms with Gasteiger partial charge in [-0.3, -0.25) is 9.69 Å². The Morgan fingerprint density at radius 3 is 2.87 bits per heavy atom. The molecule has 0 amide bonds. The van der Waals surface area contributed by atoms with E-state index in [1.165, 1.54) is 12.0 Å². The summed E-state index contributed by atoms with van der Waals surface area (Å²) < 4.78 is 31.1. The molecule has 2 aliphatic heterocycles. The number of halogens is 2. The topological polar surface area (TPSA) is 29.5 Å². The Balaban J connectivity index is 2.33. The van der Waals surface area contributed by atoms with Gasteiger partial charge in [0.25, 0.3) is 5.92 Å². The predicted octanol–water partition coefficient (Wildman–Crippen LogP) is 1.20. The van der Waals surface area contributed by atoms with Gasteiger partial charge in [-0.2, -0.15) is 0 Å². The number of fused-ring (bicyclic) bond motifs is 1. The summed E-state index contributed by atoms with van der Waals surface area (Å²) in [5, 5.41) is 0. The maximum atomic E-state index is 13.3. The fourth-order valence-electron chi connectivity index (χ4n) is 2.61. The fraction of sp³-hybridized carbons (Fsp3) is 0.700. The van der Waals surface area contributed by atoms with E-state index in [4.69, 9.17) is 0 Å². The quantitative estimate of drug-likeness (QED) is 0.488. The van der Waals surface area contributed by atoms with Gasteiger partial charge >= 0.3 is 5.97 Å². The molecule has 0 saturated carbocycles. The molecule has 84 valence electrons. The van der Waals surface area contributed by atoms with Crippen LogP contribution in [0.25, 0.3) is 0 Å². The van der Waals surface area contributed by atoms with Crippen molar-refractivity contribution in [3.8, 4) is 0 Å². The first kappa shape index (κ1) is 10.5. The molecule has 1 unspecified atom stereocenters. The van der Waals surface area contributed by atoms with Gasteiger partial charge in [0.05, 0.1) is 13.7 Å². The summed E-state index contributed by atoms with van der Waals surface area (Å²) in [4.78, 5) is 13.1. The monoisotopic (exact) mass is 217 g/mol. The zero-order valence-electron chi connectivity index (χ0n) is 8.56. The van der Waals surface area contributed by atoms with Gasteiger partial charge in [0.15, 0.2) is 0 Å². The average molecular weight is 217 g/mol. The number of carbonyl (C=O) groups is 1. The molecular formula is C10H13F2NO2. The number of alkyl halides is 2. The predicted molar refractivity (Wildman–Crippen MR) is 49.6 cm³/mol. The third-order valence-corrected chi connectivity index (χ3v) is 3.10. The van der Waals surface area contributed by atoms with Crippen molar-refractivity contribution in [2.24, 2.45) is 0 Å². The highest BCUT2D eigenvalue weighted by Crippen LogP contribution is 2.47. The Kier molecular flexibility index (Phi) is 2.12. The molecule has 0 aromatic rings. The van der Waals surface area contributed by atoms with E-state index in [0.717, 1.165) is 5.57 Å². The third kappa shape index (κ3) is 1.45. The molecule has 0 aliphatic carbocycles. The second-order valence-corrected chi connectivity index (χ2v) is 4.34. The number of methoxy groups -OCH3 is 1. The number of ether oxygens (including phenoxy) is 1. The Morgan fingerprint density at radius 1 is 1.60 bits per heavy atom. The van der Waals surface area contributed by atoms with Crippen molar-refractivity contribution in [1.82, 2.24) is 4.90 Å². The first-order valence-corrected chi connectivity index (χ1v) is 4.78. The molecule has 2 heterocycles. The van der Waals surface area contributed by atoms with Crippen LogP contribution in [0.3, 0.4) is 0 Å². The number of rotatable bonds is 1. The summed E-state index contributed by atoms with van der Waals surface area (Å²) in [5.41, 5.74) is -0.342. The minimum Gasteiger partial charge on any atom is -0.468 e. The van der Waals surface area contributed by atoms with Crippen LogP contribution in [-0.2, 0) is 9.53 Å². The minimum absolute atomic E-state index is 0.287. The van der Waals surface area contributed by atoms with Crippen molar-refractivity contribution in [2.45, 2.75) is 24.3 Å². The molecule has 5 heteroatoms. The highest BCUT2D eigenvalue weighted by molar-refractivity contribution is 5.82. The van der Waals surface area contributed by atoms with Crippen LogP contribution in [-0.4, -0.2) is 42.5 Å². The molecule has 0 N–H and O–H groups in total. The van der Waals surface area contributed by atoms with Gasteiger partial charge in [-0.1, -0.05) is 12.2 Å². The van der Waals surface area contributed by atoms with Crippen molar-refractivity contribution in [3.05, 3.63) is 12.2 Å². The molecule has 2 rings (SSSR count). The fourth-order valence-corrected chi connectivity index (χ4v) is 2.61. The lowest BCUT2D eigenvalue weighted by molar-refractivity contribution is -0.152. The summed E-state index contributed by atoms with van der Waals surface area (Å²) >= 11 is 0. The van der Waals surface area contributed by atoms with Gasteiger partial charge < -0.3 is 4.74 Å². The summed E-state index contributed by atoms with van der Waals surface area (Å²) in [6.45, 7) is 3.74. The minimum atomic E-state index is -2.80. The Hall–Kier alpha value is -0.970. The van der Waals surface area contributed by atoms with Crippen LogP contribution in [0.5, 0.6) is 0 Å². The van der Waals surface area contributed by atoms with Crippen molar-refractivity contribution >= 4 is 5.97 Å². The molecule has 0 radical (unpaired) electrons. The van der Waals surface area contributed by atoms with Crippen LogP contribution < -0.4 is 0 Å². The summed E-state index contributed by atoms with van der Waals surface area (Å²) in [6, 6.07) is 0. The van der Waals surface area contributed by atoms with E-state index in [1.54, 1.807) is 0 Å². The Bertz CT molecular complexity index is 329. The van der Waals surface area contributed by atoms with Crippen LogP contribution in [0.1, 0.15) is 12.8 Å². The lowest BCUT2D eigenvalue weighted by Crippen LogP contribution is -2.46. The van der Waals surface area contributed by atoms with Gasteiger partial charge in [-0.15, -0.1) is 0 Å². The van der Waals surface area contributed by atoms with Crippen molar-refractivity contribution in [1.29, 1.82) is 0 Å². The zero-order chi connectivity index (χ0) is 11.3. The second kappa shape index (κ2) is 3.01. The molecule has 0 spiro atoms. The smallest absolute Gasteiger partial charge is 0.326 e. The lowest BCUT2D eigenvalue weighted by atomic mass is 9.92. The molecule has 2 aliphatic rings. The molecule has 0 bridgehead atoms. The SMILES string of the molecule is C=C1CN2CC(F)(F)CC2(C(=O)OC)C1. The summed E-state index contributed by atoms with van der Waals surface area (Å²) in [5.74, 6) is -3.37. The van der Waals surface area contributed by atoms with E-state index in [0.29, 0.717) is 6.54 Å². The molecule has 0 aromatic heterocycles. The van der Waals surface area contributed by atoms with Crippen LogP contribution in [0.15, 0.2) is 12.2 Å². The summed E-state index contributed by atoms with van der Waals surface area (Å²) in [7, 11) is 1.23. The van der Waals surface area contributed by atoms with E-state index in [-0.39, 0.29) is 13.0 Å². The van der Waals surface area contributed by atoms with E-state index in [1.807, 2.05) is 0 Å². The molecule has 2 saturated heterocycles. The van der Waals surface area contributed by atoms with Gasteiger partial charge in [0, 0.05) is 13.0 Å². The van der Waals surface area contributed by atoms with E-state index in [9.17, 15) is 13.6 Å². The molecule has 3 nitrogen and oxygen atoms in total. The Labute approximate surface area is 86.7 Å². The van der Waals surface area contributed by atoms with Crippen LogP contribution in [0, 0.1) is 0 Å². The number of hydrogen-bond acceptors (Lipinski definition) is 3. The van der Waals surface area contributed by atoms with Crippen LogP contribution >= 0.6 is 0 Å². The first-order valence-electron chi connectivity index (χ1n) is 4.78. The maximum absolute atomic E-state index is 13.3. The molecule has 2 fully saturated rings. The second-order valence-electron chi connectivity index (χ2n) is 4.34. The van der Waals surface area contributed by atoms with Gasteiger partial charge in [0.1, 0.15) is 5.54 Å². The highest BCUT2D eigenvalue weighted by Gasteiger charge is 2.62. The largest absolute Gasteiger partial charge is 0.468 e. The molecule has 15 heavy (non-hydrogen) atoms. The molecule has 1 atom stereocenters. The van der Waals surface area contributed by atoms with E-state index in [2.05, 4.69) is 11.3 Å². The first-order chi connectivity index (χ1) is 6.89. The number of hydrogen-bond donors (Lipinski definition) is 0. The lowest BCUT2D eigenvalue weighted by Gasteiger charge is -2.26. The van der Waals surface area contributed by atoms with Crippen LogP contribution in [0.4, 0.5) is 8.78 Å². The van der Waals surface area contributed by atoms with Gasteiger partial charge in [-0.25, -0.2) is 8.78 Å². The molecular weight excluding hydrogens is 204 g/mol. The number of esters is 1. The van der Waals surface area contributed by atoms with Crippen molar-refractivity contribution in [2.75, 3.05) is 20.2 Å².